The van der Waals surface area contributed by atoms with Gasteiger partial charge in [-0.15, -0.1) is 9.45 Å². The monoisotopic (exact) mass is 486 g/mol. The highest BCUT2D eigenvalue weighted by Gasteiger charge is 2.07. The third kappa shape index (κ3) is 11.1. The van der Waals surface area contributed by atoms with Crippen molar-refractivity contribution in [1.29, 1.82) is 0 Å². The molecule has 0 aliphatic carbocycles. The maximum Gasteiger partial charge on any atom is 0.221 e. The Hall–Kier alpha value is -2.71. The highest BCUT2D eigenvalue weighted by atomic mass is 32.2. The van der Waals surface area contributed by atoms with Gasteiger partial charge >= 0.3 is 0 Å². The molecule has 0 aromatic heterocycles. The molecule has 2 rings (SSSR count). The van der Waals surface area contributed by atoms with Crippen LogP contribution in [-0.2, 0) is 35.1 Å². The molecule has 2 aromatic rings. The third-order valence-corrected chi connectivity index (χ3v) is 5.66. The molecule has 32 heavy (non-hydrogen) atoms. The first-order chi connectivity index (χ1) is 15.1. The molecule has 0 saturated heterocycles. The average molecular weight is 487 g/mol. The topological polar surface area (TPSA) is 156 Å². The van der Waals surface area contributed by atoms with Gasteiger partial charge in [-0.1, -0.05) is 23.2 Å². The first-order valence-electron chi connectivity index (χ1n) is 9.17. The predicted octanol–water partition coefficient (Wildman–Crippen LogP) is 3.53. The molecular formula is C19H26N4O7S2. The zero-order valence-electron chi connectivity index (χ0n) is 18.1. The second-order valence-electron chi connectivity index (χ2n) is 6.43. The number of carbonyl (C=O) groups excluding carboxylic acids is 1. The van der Waals surface area contributed by atoms with E-state index in [9.17, 15) is 17.4 Å². The Bertz CT molecular complexity index is 1060. The summed E-state index contributed by atoms with van der Waals surface area (Å²) < 4.78 is 35.0. The van der Waals surface area contributed by atoms with Gasteiger partial charge in [0.25, 0.3) is 0 Å². The summed E-state index contributed by atoms with van der Waals surface area (Å²) in [4.78, 5) is 11.3. The number of hydrogen-bond donors (Lipinski definition) is 3. The molecular weight excluding hydrogens is 460 g/mol. The number of rotatable bonds is 9. The van der Waals surface area contributed by atoms with Crippen LogP contribution in [-0.4, -0.2) is 48.6 Å². The SMILES string of the molecule is CNc1ccc(N=Nc2ccccc2C)c(NC(C)=O)c1.CS(=O)(=O)CCS(=O)OOO. The van der Waals surface area contributed by atoms with Crippen molar-refractivity contribution in [3.8, 4) is 0 Å². The number of aryl methyl sites for hydroxylation is 1. The van der Waals surface area contributed by atoms with Crippen LogP contribution in [0.15, 0.2) is 52.7 Å². The van der Waals surface area contributed by atoms with Gasteiger partial charge in [0.05, 0.1) is 22.9 Å². The van der Waals surface area contributed by atoms with Crippen LogP contribution in [0, 0.1) is 6.92 Å². The minimum absolute atomic E-state index is 0.143. The number of hydrogen-bond acceptors (Lipinski definition) is 10. The van der Waals surface area contributed by atoms with Gasteiger partial charge in [0.2, 0.25) is 5.91 Å². The lowest BCUT2D eigenvalue weighted by Crippen LogP contribution is -2.12. The van der Waals surface area contributed by atoms with Crippen molar-refractivity contribution < 1.29 is 32.1 Å². The van der Waals surface area contributed by atoms with E-state index in [0.717, 1.165) is 23.2 Å². The molecule has 11 nitrogen and oxygen atoms in total. The normalized spacial score (nSPS) is 12.0. The van der Waals surface area contributed by atoms with Gasteiger partial charge in [-0.05, 0) is 36.8 Å². The van der Waals surface area contributed by atoms with E-state index in [0.29, 0.717) is 11.4 Å². The summed E-state index contributed by atoms with van der Waals surface area (Å²) in [6.45, 7) is 3.45. The summed E-state index contributed by atoms with van der Waals surface area (Å²) in [6.07, 6.45) is 1.00. The van der Waals surface area contributed by atoms with Gasteiger partial charge in [-0.3, -0.25) is 4.79 Å². The number of carbonyl (C=O) groups is 1. The largest absolute Gasteiger partial charge is 0.388 e. The van der Waals surface area contributed by atoms with E-state index < -0.39 is 20.9 Å². The molecule has 3 N–H and O–H groups in total. The molecule has 0 radical (unpaired) electrons. The van der Waals surface area contributed by atoms with Crippen molar-refractivity contribution in [2.75, 3.05) is 35.4 Å². The van der Waals surface area contributed by atoms with Gasteiger partial charge in [-0.25, -0.2) is 17.9 Å². The lowest BCUT2D eigenvalue weighted by atomic mass is 10.2. The highest BCUT2D eigenvalue weighted by Crippen LogP contribution is 2.30. The highest BCUT2D eigenvalue weighted by molar-refractivity contribution is 7.91. The van der Waals surface area contributed by atoms with Gasteiger partial charge in [0.1, 0.15) is 15.5 Å². The van der Waals surface area contributed by atoms with Crippen LogP contribution in [0.1, 0.15) is 12.5 Å². The molecule has 2 aromatic carbocycles. The van der Waals surface area contributed by atoms with Gasteiger partial charge in [0.15, 0.2) is 11.1 Å². The Labute approximate surface area is 189 Å². The van der Waals surface area contributed by atoms with E-state index >= 15 is 0 Å². The number of benzene rings is 2. The fraction of sp³-hybridized carbons (Fsp3) is 0.316. The van der Waals surface area contributed by atoms with E-state index in [4.69, 9.17) is 5.26 Å². The second kappa shape index (κ2) is 13.6. The predicted molar refractivity (Wildman–Crippen MR) is 123 cm³/mol. The Morgan fingerprint density at radius 2 is 1.81 bits per heavy atom. The number of anilines is 2. The molecule has 13 heteroatoms. The number of nitrogens with one attached hydrogen (secondary N) is 2. The van der Waals surface area contributed by atoms with Gasteiger partial charge < -0.3 is 10.6 Å². The zero-order chi connectivity index (χ0) is 24.1. The third-order valence-electron chi connectivity index (χ3n) is 3.70. The Morgan fingerprint density at radius 1 is 1.16 bits per heavy atom. The number of amides is 1. The molecule has 1 amide bonds. The summed E-state index contributed by atoms with van der Waals surface area (Å²) in [6, 6.07) is 13.3. The molecule has 1 unspecified atom stereocenters. The van der Waals surface area contributed by atoms with Crippen LogP contribution < -0.4 is 10.6 Å². The Morgan fingerprint density at radius 3 is 2.38 bits per heavy atom. The molecule has 0 fully saturated rings. The maximum atomic E-state index is 11.3. The zero-order valence-corrected chi connectivity index (χ0v) is 19.7. The van der Waals surface area contributed by atoms with Crippen molar-refractivity contribution in [2.45, 2.75) is 13.8 Å². The smallest absolute Gasteiger partial charge is 0.221 e. The van der Waals surface area contributed by atoms with Crippen molar-refractivity contribution in [2.24, 2.45) is 10.2 Å². The van der Waals surface area contributed by atoms with E-state index in [1.54, 1.807) is 0 Å². The summed E-state index contributed by atoms with van der Waals surface area (Å²) in [5.41, 5.74) is 4.01. The fourth-order valence-electron chi connectivity index (χ4n) is 2.14. The van der Waals surface area contributed by atoms with E-state index in [-0.39, 0.29) is 17.4 Å². The Balaban J connectivity index is 0.000000396. The van der Waals surface area contributed by atoms with E-state index in [1.165, 1.54) is 6.92 Å². The maximum absolute atomic E-state index is 11.3. The summed E-state index contributed by atoms with van der Waals surface area (Å²) in [5, 5.41) is 25.0. The standard InChI is InChI=1S/C16H18N4O.C3H8O6S2/c1-11-6-4-5-7-14(11)19-20-15-9-8-13(17-3)10-16(15)18-12(2)21;1-11(6,7)3-2-10(5)9-8-4/h4-10,17H,1-3H3,(H,18,21);4H,2-3H2,1H3. The van der Waals surface area contributed by atoms with Crippen molar-refractivity contribution >= 4 is 49.6 Å². The molecule has 0 aliphatic rings. The lowest BCUT2D eigenvalue weighted by Gasteiger charge is -2.08. The minimum Gasteiger partial charge on any atom is -0.388 e. The van der Waals surface area contributed by atoms with E-state index in [2.05, 4.69) is 30.2 Å². The van der Waals surface area contributed by atoms with Crippen LogP contribution in [0.4, 0.5) is 22.7 Å². The molecule has 0 aliphatic heterocycles. The van der Waals surface area contributed by atoms with Crippen LogP contribution in [0.5, 0.6) is 0 Å². The van der Waals surface area contributed by atoms with E-state index in [1.807, 2.05) is 56.4 Å². The van der Waals surface area contributed by atoms with Crippen LogP contribution in [0.2, 0.25) is 0 Å². The van der Waals surface area contributed by atoms with Gasteiger partial charge in [-0.2, -0.15) is 5.11 Å². The van der Waals surface area contributed by atoms with Crippen molar-refractivity contribution in [3.05, 3.63) is 48.0 Å². The Kier molecular flexibility index (Phi) is 11.7. The van der Waals surface area contributed by atoms with Crippen molar-refractivity contribution in [1.82, 2.24) is 0 Å². The molecule has 176 valence electrons. The van der Waals surface area contributed by atoms with Gasteiger partial charge in [0, 0.05) is 25.9 Å². The molecule has 1 atom stereocenters. The molecule has 0 bridgehead atoms. The first kappa shape index (κ1) is 27.3. The first-order valence-corrected chi connectivity index (χ1v) is 12.5. The van der Waals surface area contributed by atoms with Crippen LogP contribution >= 0.6 is 0 Å². The molecule has 0 spiro atoms. The number of nitrogens with zero attached hydrogens (tertiary/aromatic N) is 2. The summed E-state index contributed by atoms with van der Waals surface area (Å²) in [7, 11) is -1.33. The molecule has 0 saturated carbocycles. The summed E-state index contributed by atoms with van der Waals surface area (Å²) in [5.74, 6) is -0.641. The minimum atomic E-state index is -3.15. The average Bonchev–Trinajstić information content (AvgIpc) is 2.72. The van der Waals surface area contributed by atoms with Crippen LogP contribution in [0.25, 0.3) is 0 Å². The van der Waals surface area contributed by atoms with Crippen molar-refractivity contribution in [3.63, 3.8) is 0 Å². The second-order valence-corrected chi connectivity index (χ2v) is 9.84. The number of azo groups is 1. The summed E-state index contributed by atoms with van der Waals surface area (Å²) >= 11 is -1.92. The van der Waals surface area contributed by atoms with Crippen LogP contribution in [0.3, 0.4) is 0 Å². The fourth-order valence-corrected chi connectivity index (χ4v) is 4.03. The quantitative estimate of drug-likeness (QED) is 0.276. The lowest BCUT2D eigenvalue weighted by molar-refractivity contribution is -0.434. The molecule has 0 heterocycles. The number of sulfone groups is 1.